The number of nitrogens with zero attached hydrogens (tertiary/aromatic N) is 1. The molecule has 0 unspecified atom stereocenters. The van der Waals surface area contributed by atoms with Crippen LogP contribution < -0.4 is 16.0 Å². The highest BCUT2D eigenvalue weighted by Gasteiger charge is 2.27. The van der Waals surface area contributed by atoms with Gasteiger partial charge in [0.05, 0.1) is 10.2 Å². The van der Waals surface area contributed by atoms with Gasteiger partial charge in [-0.2, -0.15) is 0 Å². The second-order valence-corrected chi connectivity index (χ2v) is 7.09. The summed E-state index contributed by atoms with van der Waals surface area (Å²) in [4.78, 5) is 28.3. The van der Waals surface area contributed by atoms with Crippen molar-refractivity contribution in [2.45, 2.75) is 32.2 Å². The van der Waals surface area contributed by atoms with E-state index in [-0.39, 0.29) is 17.7 Å². The highest BCUT2D eigenvalue weighted by Crippen LogP contribution is 2.26. The molecule has 1 heterocycles. The largest absolute Gasteiger partial charge is 0.360 e. The average Bonchev–Trinajstić information content (AvgIpc) is 2.92. The fraction of sp³-hybridized carbons (Fsp3) is 0.471. The number of carbonyl (C=O) groups excluding carboxylic acids is 2. The summed E-state index contributed by atoms with van der Waals surface area (Å²) in [5, 5.41) is 9.66. The molecule has 0 aliphatic heterocycles. The van der Waals surface area contributed by atoms with E-state index in [1.807, 2.05) is 24.3 Å². The number of fused-ring (bicyclic) bond motifs is 1. The van der Waals surface area contributed by atoms with E-state index in [1.54, 1.807) is 18.3 Å². The van der Waals surface area contributed by atoms with Gasteiger partial charge in [-0.05, 0) is 31.9 Å². The Morgan fingerprint density at radius 1 is 1.29 bits per heavy atom. The summed E-state index contributed by atoms with van der Waals surface area (Å²) in [7, 11) is 0. The van der Waals surface area contributed by atoms with Gasteiger partial charge in [0, 0.05) is 19.0 Å². The summed E-state index contributed by atoms with van der Waals surface area (Å²) in [5.74, 6) is -0.0637. The molecule has 2 amide bonds. The van der Waals surface area contributed by atoms with E-state index >= 15 is 0 Å². The van der Waals surface area contributed by atoms with Crippen LogP contribution in [0, 0.1) is 5.92 Å². The van der Waals surface area contributed by atoms with Gasteiger partial charge >= 0.3 is 0 Å². The Morgan fingerprint density at radius 3 is 2.79 bits per heavy atom. The summed E-state index contributed by atoms with van der Waals surface area (Å²) < 4.78 is 1.14. The van der Waals surface area contributed by atoms with Crippen molar-refractivity contribution in [2.24, 2.45) is 5.92 Å². The number of nitrogens with one attached hydrogen (secondary N) is 3. The Morgan fingerprint density at radius 2 is 2.08 bits per heavy atom. The smallest absolute Gasteiger partial charge is 0.242 e. The van der Waals surface area contributed by atoms with E-state index in [4.69, 9.17) is 0 Å². The van der Waals surface area contributed by atoms with Crippen LogP contribution in [-0.4, -0.2) is 35.9 Å². The predicted octanol–water partition coefficient (Wildman–Crippen LogP) is 2.13. The van der Waals surface area contributed by atoms with Gasteiger partial charge in [-0.1, -0.05) is 29.9 Å². The summed E-state index contributed by atoms with van der Waals surface area (Å²) in [6, 6.07) is 7.47. The van der Waals surface area contributed by atoms with Gasteiger partial charge in [-0.15, -0.1) is 0 Å². The number of hydrogen-bond acceptors (Lipinski definition) is 5. The van der Waals surface area contributed by atoms with E-state index in [0.29, 0.717) is 13.1 Å². The first-order valence-corrected chi connectivity index (χ1v) is 9.12. The first-order valence-electron chi connectivity index (χ1n) is 8.31. The lowest BCUT2D eigenvalue weighted by atomic mass is 9.84. The molecule has 2 aromatic rings. The molecule has 0 radical (unpaired) electrons. The van der Waals surface area contributed by atoms with E-state index in [1.165, 1.54) is 0 Å². The number of carbonyl (C=O) groups is 2. The molecule has 1 atom stereocenters. The summed E-state index contributed by atoms with van der Waals surface area (Å²) in [6.07, 6.45) is 2.98. The van der Waals surface area contributed by atoms with Gasteiger partial charge in [0.2, 0.25) is 11.8 Å². The monoisotopic (exact) mass is 346 g/mol. The van der Waals surface area contributed by atoms with Crippen LogP contribution in [0.15, 0.2) is 24.3 Å². The number of para-hydroxylation sites is 1. The summed E-state index contributed by atoms with van der Waals surface area (Å²) in [5.41, 5.74) is 0.973. The molecular formula is C17H22N4O2S. The molecule has 1 saturated carbocycles. The second kappa shape index (κ2) is 7.61. The number of aromatic nitrogens is 1. The summed E-state index contributed by atoms with van der Waals surface area (Å²) in [6.45, 7) is 2.79. The topological polar surface area (TPSA) is 83.1 Å². The maximum Gasteiger partial charge on any atom is 0.242 e. The second-order valence-electron chi connectivity index (χ2n) is 6.06. The fourth-order valence-corrected chi connectivity index (χ4v) is 3.41. The first kappa shape index (κ1) is 16.7. The first-order chi connectivity index (χ1) is 11.6. The number of anilines is 1. The Balaban J connectivity index is 1.37. The Labute approximate surface area is 145 Å². The van der Waals surface area contributed by atoms with E-state index in [9.17, 15) is 9.59 Å². The minimum Gasteiger partial charge on any atom is -0.360 e. The molecule has 1 fully saturated rings. The van der Waals surface area contributed by atoms with Gasteiger partial charge in [-0.3, -0.25) is 9.59 Å². The zero-order valence-electron chi connectivity index (χ0n) is 13.7. The summed E-state index contributed by atoms with van der Waals surface area (Å²) >= 11 is 1.59. The number of benzene rings is 1. The van der Waals surface area contributed by atoms with Crippen molar-refractivity contribution in [1.82, 2.24) is 15.6 Å². The van der Waals surface area contributed by atoms with Crippen molar-refractivity contribution in [2.75, 3.05) is 18.4 Å². The molecular weight excluding hydrogens is 324 g/mol. The maximum absolute atomic E-state index is 12.0. The average molecular weight is 346 g/mol. The molecule has 0 bridgehead atoms. The van der Waals surface area contributed by atoms with Gasteiger partial charge in [-0.25, -0.2) is 4.98 Å². The number of hydrogen-bond donors (Lipinski definition) is 3. The molecule has 6 nitrogen and oxygen atoms in total. The number of amides is 2. The molecule has 1 aromatic carbocycles. The van der Waals surface area contributed by atoms with Crippen LogP contribution in [-0.2, 0) is 9.59 Å². The molecule has 7 heteroatoms. The van der Waals surface area contributed by atoms with Gasteiger partial charge in [0.15, 0.2) is 5.13 Å². The maximum atomic E-state index is 12.0. The van der Waals surface area contributed by atoms with E-state index < -0.39 is 6.04 Å². The van der Waals surface area contributed by atoms with Crippen molar-refractivity contribution < 1.29 is 9.59 Å². The molecule has 0 saturated heterocycles. The minimum atomic E-state index is -0.499. The SMILES string of the molecule is C[C@@H](NC(=O)C1CCC1)C(=O)NCCNc1nc2ccccc2s1. The van der Waals surface area contributed by atoms with Gasteiger partial charge in [0.1, 0.15) is 6.04 Å². The van der Waals surface area contributed by atoms with Crippen LogP contribution in [0.25, 0.3) is 10.2 Å². The molecule has 1 aromatic heterocycles. The minimum absolute atomic E-state index is 0.00324. The van der Waals surface area contributed by atoms with E-state index in [2.05, 4.69) is 20.9 Å². The molecule has 3 N–H and O–H groups in total. The van der Waals surface area contributed by atoms with Crippen LogP contribution in [0.4, 0.5) is 5.13 Å². The van der Waals surface area contributed by atoms with Crippen molar-refractivity contribution in [3.63, 3.8) is 0 Å². The van der Waals surface area contributed by atoms with Crippen molar-refractivity contribution in [3.8, 4) is 0 Å². The predicted molar refractivity (Wildman–Crippen MR) is 96.1 cm³/mol. The normalized spacial score (nSPS) is 15.5. The molecule has 1 aliphatic carbocycles. The molecule has 24 heavy (non-hydrogen) atoms. The fourth-order valence-electron chi connectivity index (χ4n) is 2.52. The van der Waals surface area contributed by atoms with E-state index in [0.717, 1.165) is 34.6 Å². The van der Waals surface area contributed by atoms with Crippen LogP contribution >= 0.6 is 11.3 Å². The molecule has 128 valence electrons. The lowest BCUT2D eigenvalue weighted by Gasteiger charge is -2.25. The van der Waals surface area contributed by atoms with Gasteiger partial charge in [0.25, 0.3) is 0 Å². The van der Waals surface area contributed by atoms with Crippen LogP contribution in [0.3, 0.4) is 0 Å². The van der Waals surface area contributed by atoms with Crippen molar-refractivity contribution in [1.29, 1.82) is 0 Å². The van der Waals surface area contributed by atoms with Crippen LogP contribution in [0.1, 0.15) is 26.2 Å². The Kier molecular flexibility index (Phi) is 5.30. The molecule has 0 spiro atoms. The Bertz CT molecular complexity index is 693. The van der Waals surface area contributed by atoms with Crippen molar-refractivity contribution >= 4 is 38.5 Å². The highest BCUT2D eigenvalue weighted by atomic mass is 32.1. The van der Waals surface area contributed by atoms with Crippen molar-refractivity contribution in [3.05, 3.63) is 24.3 Å². The third-order valence-electron chi connectivity index (χ3n) is 4.22. The number of thiazole rings is 1. The quantitative estimate of drug-likeness (QED) is 0.671. The zero-order chi connectivity index (χ0) is 16.9. The van der Waals surface area contributed by atoms with Crippen LogP contribution in [0.2, 0.25) is 0 Å². The van der Waals surface area contributed by atoms with Crippen LogP contribution in [0.5, 0.6) is 0 Å². The standard InChI is InChI=1S/C17H22N4O2S/c1-11(20-16(23)12-5-4-6-12)15(22)18-9-10-19-17-21-13-7-2-3-8-14(13)24-17/h2-3,7-8,11-12H,4-6,9-10H2,1H3,(H,18,22)(H,19,21)(H,20,23)/t11-/m1/s1. The number of rotatable bonds is 7. The Hall–Kier alpha value is -2.15. The molecule has 1 aliphatic rings. The van der Waals surface area contributed by atoms with Gasteiger partial charge < -0.3 is 16.0 Å². The highest BCUT2D eigenvalue weighted by molar-refractivity contribution is 7.22. The molecule has 3 rings (SSSR count). The lowest BCUT2D eigenvalue weighted by Crippen LogP contribution is -2.48. The third-order valence-corrected chi connectivity index (χ3v) is 5.22. The zero-order valence-corrected chi connectivity index (χ0v) is 14.5. The lowest BCUT2D eigenvalue weighted by molar-refractivity contribution is -0.132. The third kappa shape index (κ3) is 4.03.